The second kappa shape index (κ2) is 18.8. The van der Waals surface area contributed by atoms with Crippen LogP contribution in [0.5, 0.6) is 0 Å². The monoisotopic (exact) mass is 904 g/mol. The van der Waals surface area contributed by atoms with E-state index in [1.807, 2.05) is 34.7 Å². The highest BCUT2D eigenvalue weighted by atomic mass is 19.1. The van der Waals surface area contributed by atoms with Gasteiger partial charge < -0.3 is 25.0 Å². The van der Waals surface area contributed by atoms with Gasteiger partial charge in [0.2, 0.25) is 11.8 Å². The number of benzene rings is 2. The Kier molecular flexibility index (Phi) is 12.7. The lowest BCUT2D eigenvalue weighted by Gasteiger charge is -2.39. The Hall–Kier alpha value is -6.46. The molecule has 0 bridgehead atoms. The molecule has 2 atom stereocenters. The zero-order chi connectivity index (χ0) is 46.2. The Morgan fingerprint density at radius 2 is 1.61 bits per heavy atom. The van der Waals surface area contributed by atoms with Crippen molar-refractivity contribution in [1.82, 2.24) is 34.1 Å². The minimum absolute atomic E-state index is 0.00554. The molecule has 0 spiro atoms. The number of hydrogen-bond acceptors (Lipinski definition) is 10. The van der Waals surface area contributed by atoms with E-state index in [-0.39, 0.29) is 46.8 Å². The SMILES string of the molecule is CNc1ccn(-c2ccnc3c2cc([C@H](C)N2CC=C(c4c(F)cc(C(=O)N5CCC(CN6CCN(c7ccc(N[C@@H]8CCC(=O)NC8=O)cc7F)CC6)CC5)cc4F)CC2)n3C)c(=O)c1. The average Bonchev–Trinajstić information content (AvgIpc) is 3.66. The number of carbonyl (C=O) groups excluding carboxylic acids is 3. The van der Waals surface area contributed by atoms with E-state index in [0.29, 0.717) is 75.0 Å². The van der Waals surface area contributed by atoms with E-state index < -0.39 is 23.6 Å². The molecule has 4 aliphatic rings. The molecule has 0 radical (unpaired) electrons. The molecule has 3 saturated heterocycles. The van der Waals surface area contributed by atoms with E-state index in [2.05, 4.69) is 43.7 Å². The molecule has 0 saturated carbocycles. The van der Waals surface area contributed by atoms with E-state index in [1.54, 1.807) is 47.1 Å². The molecule has 9 rings (SSSR count). The van der Waals surface area contributed by atoms with Crippen LogP contribution < -0.4 is 26.4 Å². The van der Waals surface area contributed by atoms with Crippen LogP contribution in [0.1, 0.15) is 66.7 Å². The van der Waals surface area contributed by atoms with Gasteiger partial charge in [-0.05, 0) is 92.6 Å². The molecule has 3 amide bonds. The van der Waals surface area contributed by atoms with Crippen molar-refractivity contribution in [2.24, 2.45) is 13.0 Å². The van der Waals surface area contributed by atoms with Gasteiger partial charge in [-0.1, -0.05) is 6.08 Å². The smallest absolute Gasteiger partial charge is 0.257 e. The second-order valence-electron chi connectivity index (χ2n) is 17.9. The number of anilines is 3. The summed E-state index contributed by atoms with van der Waals surface area (Å²) in [4.78, 5) is 63.1. The van der Waals surface area contributed by atoms with Crippen LogP contribution >= 0.6 is 0 Å². The number of nitrogens with one attached hydrogen (secondary N) is 3. The lowest BCUT2D eigenvalue weighted by atomic mass is 9.94. The van der Waals surface area contributed by atoms with Gasteiger partial charge in [0.25, 0.3) is 11.5 Å². The number of likely N-dealkylation sites (tertiary alicyclic amines) is 1. The molecule has 0 unspecified atom stereocenters. The second-order valence-corrected chi connectivity index (χ2v) is 17.9. The quantitative estimate of drug-likeness (QED) is 0.137. The molecule has 14 nitrogen and oxygen atoms in total. The highest BCUT2D eigenvalue weighted by molar-refractivity contribution is 6.01. The van der Waals surface area contributed by atoms with Gasteiger partial charge in [-0.15, -0.1) is 0 Å². The summed E-state index contributed by atoms with van der Waals surface area (Å²) in [7, 11) is 3.72. The molecule has 2 aromatic carbocycles. The zero-order valence-electron chi connectivity index (χ0n) is 37.5. The number of nitrogens with zero attached hydrogens (tertiary/aromatic N) is 7. The summed E-state index contributed by atoms with van der Waals surface area (Å²) >= 11 is 0. The largest absolute Gasteiger partial charge is 0.388 e. The first-order chi connectivity index (χ1) is 31.8. The molecule has 5 aromatic rings. The molecular weight excluding hydrogens is 850 g/mol. The number of hydrogen-bond donors (Lipinski definition) is 3. The van der Waals surface area contributed by atoms with E-state index in [9.17, 15) is 19.2 Å². The number of carbonyl (C=O) groups is 3. The minimum Gasteiger partial charge on any atom is -0.388 e. The van der Waals surface area contributed by atoms with Crippen LogP contribution in [0.15, 0.2) is 77.9 Å². The molecule has 0 aliphatic carbocycles. The third-order valence-electron chi connectivity index (χ3n) is 13.9. The fraction of sp³-hybridized carbons (Fsp3) is 0.408. The maximum absolute atomic E-state index is 15.8. The van der Waals surface area contributed by atoms with Crippen molar-refractivity contribution in [3.8, 4) is 5.69 Å². The number of piperidine rings is 2. The maximum Gasteiger partial charge on any atom is 0.257 e. The summed E-state index contributed by atoms with van der Waals surface area (Å²) in [5.41, 5.74) is 4.50. The van der Waals surface area contributed by atoms with E-state index in [1.165, 1.54) is 18.2 Å². The van der Waals surface area contributed by atoms with Gasteiger partial charge in [-0.3, -0.25) is 38.9 Å². The Bertz CT molecular complexity index is 2750. The van der Waals surface area contributed by atoms with Crippen LogP contribution in [0.4, 0.5) is 30.2 Å². The molecule has 4 aliphatic heterocycles. The number of rotatable bonds is 11. The number of halogens is 3. The highest BCUT2D eigenvalue weighted by Crippen LogP contribution is 2.35. The van der Waals surface area contributed by atoms with Crippen molar-refractivity contribution in [1.29, 1.82) is 0 Å². The van der Waals surface area contributed by atoms with Crippen molar-refractivity contribution in [3.05, 3.63) is 118 Å². The summed E-state index contributed by atoms with van der Waals surface area (Å²) in [6, 6.07) is 13.8. The molecular formula is C49H55F3N10O4. The molecule has 3 aromatic heterocycles. The number of amides is 3. The first-order valence-electron chi connectivity index (χ1n) is 22.8. The van der Waals surface area contributed by atoms with Crippen LogP contribution in [0.2, 0.25) is 0 Å². The van der Waals surface area contributed by atoms with Gasteiger partial charge in [-0.25, -0.2) is 18.2 Å². The highest BCUT2D eigenvalue weighted by Gasteiger charge is 2.31. The predicted octanol–water partition coefficient (Wildman–Crippen LogP) is 5.93. The number of pyridine rings is 2. The number of aryl methyl sites for hydroxylation is 1. The van der Waals surface area contributed by atoms with Crippen LogP contribution in [-0.2, 0) is 16.6 Å². The Morgan fingerprint density at radius 3 is 2.27 bits per heavy atom. The Morgan fingerprint density at radius 1 is 0.848 bits per heavy atom. The Labute approximate surface area is 381 Å². The molecule has 66 heavy (non-hydrogen) atoms. The van der Waals surface area contributed by atoms with Crippen LogP contribution in [0.3, 0.4) is 0 Å². The van der Waals surface area contributed by atoms with Crippen molar-refractivity contribution >= 4 is 51.4 Å². The summed E-state index contributed by atoms with van der Waals surface area (Å²) < 4.78 is 50.5. The molecule has 17 heteroatoms. The fourth-order valence-electron chi connectivity index (χ4n) is 10.0. The van der Waals surface area contributed by atoms with Gasteiger partial charge >= 0.3 is 0 Å². The lowest BCUT2D eigenvalue weighted by molar-refractivity contribution is -0.133. The molecule has 3 fully saturated rings. The van der Waals surface area contributed by atoms with E-state index in [0.717, 1.165) is 60.6 Å². The topological polar surface area (TPSA) is 140 Å². The van der Waals surface area contributed by atoms with Crippen molar-refractivity contribution in [2.75, 3.05) is 81.5 Å². The van der Waals surface area contributed by atoms with Gasteiger partial charge in [0.15, 0.2) is 0 Å². The van der Waals surface area contributed by atoms with Gasteiger partial charge in [0, 0.05) is 138 Å². The maximum atomic E-state index is 15.8. The predicted molar refractivity (Wildman–Crippen MR) is 248 cm³/mol. The summed E-state index contributed by atoms with van der Waals surface area (Å²) in [5.74, 6) is -2.60. The fourth-order valence-corrected chi connectivity index (χ4v) is 10.0. The summed E-state index contributed by atoms with van der Waals surface area (Å²) in [6.07, 6.45) is 7.87. The Balaban J connectivity index is 0.764. The van der Waals surface area contributed by atoms with Crippen molar-refractivity contribution < 1.29 is 27.6 Å². The van der Waals surface area contributed by atoms with Crippen molar-refractivity contribution in [3.63, 3.8) is 0 Å². The van der Waals surface area contributed by atoms with Crippen molar-refractivity contribution in [2.45, 2.75) is 51.1 Å². The van der Waals surface area contributed by atoms with Gasteiger partial charge in [-0.2, -0.15) is 0 Å². The van der Waals surface area contributed by atoms with E-state index >= 15 is 13.2 Å². The summed E-state index contributed by atoms with van der Waals surface area (Å²) in [5, 5.41) is 9.17. The molecule has 3 N–H and O–H groups in total. The number of piperazine rings is 1. The minimum atomic E-state index is -0.745. The molecule has 7 heterocycles. The normalized spacial score (nSPS) is 19.5. The standard InChI is InChI=1S/C49H55F3N10O4/c1-30(43-28-36-41(8-14-54-47(36)57(43)3)62-19-13-34(53-2)27-45(62)64)59-17-11-32(12-18-59)46-38(51)24-33(25-39(46)52)49(66)61-15-9-31(10-16-61)29-58-20-22-60(23-21-58)42-6-4-35(26-37(42)50)55-40-5-7-44(63)56-48(40)65/h4,6,8,11,13-14,19,24-28,30-31,40,53,55H,5,7,9-10,12,15-18,20-23,29H2,1-3H3,(H,56,63,65)/t30-,40+/m0/s1. The number of imide groups is 1. The van der Waals surface area contributed by atoms with Crippen LogP contribution in [0, 0.1) is 23.4 Å². The van der Waals surface area contributed by atoms with E-state index in [4.69, 9.17) is 0 Å². The van der Waals surface area contributed by atoms with Crippen LogP contribution in [-0.4, -0.2) is 119 Å². The lowest BCUT2D eigenvalue weighted by Crippen LogP contribution is -2.49. The average molecular weight is 905 g/mol. The third kappa shape index (κ3) is 9.05. The summed E-state index contributed by atoms with van der Waals surface area (Å²) in [6.45, 7) is 7.77. The molecule has 346 valence electrons. The number of fused-ring (bicyclic) bond motifs is 1. The third-order valence-corrected chi connectivity index (χ3v) is 13.9. The first kappa shape index (κ1) is 44.7. The number of aromatic nitrogens is 3. The van der Waals surface area contributed by atoms with Gasteiger partial charge in [0.1, 0.15) is 29.1 Å². The van der Waals surface area contributed by atoms with Gasteiger partial charge in [0.05, 0.1) is 11.4 Å². The first-order valence-corrected chi connectivity index (χ1v) is 22.8. The van der Waals surface area contributed by atoms with Crippen LogP contribution in [0.25, 0.3) is 22.3 Å². The zero-order valence-corrected chi connectivity index (χ0v) is 37.5.